The van der Waals surface area contributed by atoms with Crippen LogP contribution in [-0.4, -0.2) is 70.0 Å². The molecule has 0 saturated heterocycles. The van der Waals surface area contributed by atoms with Crippen LogP contribution in [-0.2, 0) is 32.7 Å². The fourth-order valence-corrected chi connectivity index (χ4v) is 7.18. The van der Waals surface area contributed by atoms with Crippen molar-refractivity contribution in [1.82, 2.24) is 0 Å². The van der Waals surface area contributed by atoms with Crippen molar-refractivity contribution >= 4 is 19.8 Å². The molecule has 0 rings (SSSR count). The summed E-state index contributed by atoms with van der Waals surface area (Å²) in [4.78, 5) is 37.4. The lowest BCUT2D eigenvalue weighted by Gasteiger charge is -2.28. The zero-order valence-corrected chi connectivity index (χ0v) is 38.0. The normalized spacial score (nSPS) is 13.8. The molecule has 0 amide bonds. The van der Waals surface area contributed by atoms with E-state index in [2.05, 4.69) is 13.8 Å². The quantitative estimate of drug-likeness (QED) is 0.0150. The van der Waals surface area contributed by atoms with E-state index in [0.29, 0.717) is 17.4 Å². The van der Waals surface area contributed by atoms with Gasteiger partial charge in [0.25, 0.3) is 7.82 Å². The summed E-state index contributed by atoms with van der Waals surface area (Å²) in [6.07, 6.45) is 42.6. The molecule has 0 aliphatic rings. The molecule has 330 valence electrons. The van der Waals surface area contributed by atoms with Crippen molar-refractivity contribution in [1.29, 1.82) is 0 Å². The first-order valence-corrected chi connectivity index (χ1v) is 24.5. The molecule has 0 aromatic rings. The predicted octanol–water partition coefficient (Wildman–Crippen LogP) is 12.5. The molecule has 0 aliphatic heterocycles. The number of quaternary nitrogens is 1. The van der Waals surface area contributed by atoms with Gasteiger partial charge in [0, 0.05) is 12.5 Å². The summed E-state index contributed by atoms with van der Waals surface area (Å²) in [5.74, 6) is -1.08. The molecular formula is C46H88NO8P. The first kappa shape index (κ1) is 54.5. The van der Waals surface area contributed by atoms with Crippen LogP contribution in [0.2, 0.25) is 0 Å². The van der Waals surface area contributed by atoms with Crippen LogP contribution in [0.15, 0.2) is 24.3 Å². The van der Waals surface area contributed by atoms with Gasteiger partial charge in [-0.2, -0.15) is 0 Å². The van der Waals surface area contributed by atoms with Crippen molar-refractivity contribution in [2.24, 2.45) is 0 Å². The number of nitrogens with zero attached hydrogens (tertiary/aromatic N) is 1. The van der Waals surface area contributed by atoms with Crippen LogP contribution in [0.4, 0.5) is 0 Å². The molecule has 0 aromatic carbocycles. The second-order valence-electron chi connectivity index (χ2n) is 16.9. The van der Waals surface area contributed by atoms with Crippen molar-refractivity contribution in [2.75, 3.05) is 47.5 Å². The Hall–Kier alpha value is -1.51. The summed E-state index contributed by atoms with van der Waals surface area (Å²) in [7, 11) is 1.13. The Morgan fingerprint density at radius 3 is 1.46 bits per heavy atom. The molecule has 0 radical (unpaired) electrons. The van der Waals surface area contributed by atoms with Gasteiger partial charge in [0.15, 0.2) is 6.10 Å². The van der Waals surface area contributed by atoms with E-state index in [1.807, 2.05) is 33.3 Å². The third-order valence-corrected chi connectivity index (χ3v) is 11.0. The maximum Gasteiger partial charge on any atom is 0.330 e. The standard InChI is InChI=1S/C46H88NO8P/c1-6-8-10-12-14-16-18-20-22-23-25-27-29-31-33-35-37-39-46(49)55-44(43-54-56(50,51)53-41-40-47(3,4)5)42-52-45(48)38-36-34-32-30-28-26-24-21-19-17-15-13-11-9-7-2/h32,34,36,38,44H,6-31,33,35,37,39-43H2,1-5H3/b34-32+,38-36+/t44-/m1/s1. The Morgan fingerprint density at radius 1 is 0.589 bits per heavy atom. The number of hydrogen-bond acceptors (Lipinski definition) is 8. The second-order valence-corrected chi connectivity index (χ2v) is 18.3. The Balaban J connectivity index is 4.39. The third kappa shape index (κ3) is 42.1. The minimum Gasteiger partial charge on any atom is -0.756 e. The van der Waals surface area contributed by atoms with Crippen molar-refractivity contribution < 1.29 is 42.1 Å². The lowest BCUT2D eigenvalue weighted by molar-refractivity contribution is -0.870. The fraction of sp³-hybridized carbons (Fsp3) is 0.870. The molecule has 10 heteroatoms. The number of carbonyl (C=O) groups excluding carboxylic acids is 2. The molecule has 0 aromatic heterocycles. The molecule has 2 atom stereocenters. The van der Waals surface area contributed by atoms with E-state index in [0.717, 1.165) is 32.1 Å². The number of rotatable bonds is 42. The van der Waals surface area contributed by atoms with Crippen LogP contribution in [0.5, 0.6) is 0 Å². The van der Waals surface area contributed by atoms with Gasteiger partial charge in [-0.15, -0.1) is 0 Å². The third-order valence-electron chi connectivity index (χ3n) is 10.1. The minimum absolute atomic E-state index is 0.0411. The Labute approximate surface area is 345 Å². The zero-order valence-electron chi connectivity index (χ0n) is 37.1. The predicted molar refractivity (Wildman–Crippen MR) is 231 cm³/mol. The minimum atomic E-state index is -4.64. The summed E-state index contributed by atoms with van der Waals surface area (Å²) in [5.41, 5.74) is 0. The van der Waals surface area contributed by atoms with Crippen molar-refractivity contribution in [2.45, 2.75) is 213 Å². The number of allylic oxidation sites excluding steroid dienone is 3. The number of ether oxygens (including phenoxy) is 2. The first-order chi connectivity index (χ1) is 27.0. The van der Waals surface area contributed by atoms with E-state index in [-0.39, 0.29) is 19.6 Å². The highest BCUT2D eigenvalue weighted by molar-refractivity contribution is 7.45. The lowest BCUT2D eigenvalue weighted by atomic mass is 10.0. The Kier molecular flexibility index (Phi) is 37.9. The number of unbranched alkanes of at least 4 members (excludes halogenated alkanes) is 27. The maximum atomic E-state index is 12.7. The van der Waals surface area contributed by atoms with Gasteiger partial charge >= 0.3 is 11.9 Å². The van der Waals surface area contributed by atoms with Crippen LogP contribution in [0.1, 0.15) is 206 Å². The van der Waals surface area contributed by atoms with Crippen LogP contribution >= 0.6 is 7.82 Å². The summed E-state index contributed by atoms with van der Waals surface area (Å²) < 4.78 is 33.7. The average molecular weight is 814 g/mol. The number of esters is 2. The zero-order chi connectivity index (χ0) is 41.4. The largest absolute Gasteiger partial charge is 0.756 e. The Bertz CT molecular complexity index is 1010. The van der Waals surface area contributed by atoms with E-state index < -0.39 is 32.5 Å². The van der Waals surface area contributed by atoms with Gasteiger partial charge in [0.05, 0.1) is 27.7 Å². The topological polar surface area (TPSA) is 111 Å². The van der Waals surface area contributed by atoms with Crippen molar-refractivity contribution in [3.05, 3.63) is 24.3 Å². The molecule has 1 unspecified atom stereocenters. The Morgan fingerprint density at radius 2 is 1.02 bits per heavy atom. The van der Waals surface area contributed by atoms with Crippen LogP contribution in [0.25, 0.3) is 0 Å². The first-order valence-electron chi connectivity index (χ1n) is 23.1. The van der Waals surface area contributed by atoms with Crippen molar-refractivity contribution in [3.8, 4) is 0 Å². The molecule has 0 fully saturated rings. The summed E-state index contributed by atoms with van der Waals surface area (Å²) in [5, 5.41) is 0. The highest BCUT2D eigenvalue weighted by Gasteiger charge is 2.21. The van der Waals surface area contributed by atoms with Gasteiger partial charge in [0.1, 0.15) is 19.8 Å². The summed E-state index contributed by atoms with van der Waals surface area (Å²) in [6.45, 7) is 4.12. The molecule has 0 aliphatic carbocycles. The lowest BCUT2D eigenvalue weighted by Crippen LogP contribution is -2.37. The molecule has 0 N–H and O–H groups in total. The number of phosphoric ester groups is 1. The fourth-order valence-electron chi connectivity index (χ4n) is 6.45. The maximum absolute atomic E-state index is 12.7. The summed E-state index contributed by atoms with van der Waals surface area (Å²) in [6, 6.07) is 0. The summed E-state index contributed by atoms with van der Waals surface area (Å²) >= 11 is 0. The number of hydrogen-bond donors (Lipinski definition) is 0. The SMILES string of the molecule is CCCCCCCCCCCCC/C=C/C=C/C(=O)OC[C@H](COP(=O)([O-])OCC[N+](C)(C)C)OC(=O)CCCCCCCCCCCCCCCCCCC. The molecule has 0 spiro atoms. The molecule has 0 saturated carbocycles. The molecule has 0 heterocycles. The molecule has 9 nitrogen and oxygen atoms in total. The van der Waals surface area contributed by atoms with Gasteiger partial charge in [0.2, 0.25) is 0 Å². The van der Waals surface area contributed by atoms with Gasteiger partial charge in [-0.05, 0) is 19.3 Å². The van der Waals surface area contributed by atoms with Gasteiger partial charge in [-0.1, -0.05) is 199 Å². The number of likely N-dealkylation sites (N-methyl/N-ethyl adjacent to an activating group) is 1. The van der Waals surface area contributed by atoms with Gasteiger partial charge in [-0.25, -0.2) is 4.79 Å². The van der Waals surface area contributed by atoms with E-state index in [1.165, 1.54) is 154 Å². The van der Waals surface area contributed by atoms with Crippen LogP contribution in [0.3, 0.4) is 0 Å². The van der Waals surface area contributed by atoms with E-state index in [1.54, 1.807) is 6.08 Å². The smallest absolute Gasteiger partial charge is 0.330 e. The highest BCUT2D eigenvalue weighted by Crippen LogP contribution is 2.38. The number of phosphoric acid groups is 1. The average Bonchev–Trinajstić information content (AvgIpc) is 3.15. The monoisotopic (exact) mass is 814 g/mol. The van der Waals surface area contributed by atoms with E-state index in [9.17, 15) is 19.0 Å². The van der Waals surface area contributed by atoms with Gasteiger partial charge < -0.3 is 27.9 Å². The number of carbonyl (C=O) groups is 2. The van der Waals surface area contributed by atoms with E-state index >= 15 is 0 Å². The van der Waals surface area contributed by atoms with Crippen molar-refractivity contribution in [3.63, 3.8) is 0 Å². The van der Waals surface area contributed by atoms with E-state index in [4.69, 9.17) is 18.5 Å². The molecular weight excluding hydrogens is 725 g/mol. The van der Waals surface area contributed by atoms with Gasteiger partial charge in [-0.3, -0.25) is 9.36 Å². The molecule has 0 bridgehead atoms. The molecule has 56 heavy (non-hydrogen) atoms. The second kappa shape index (κ2) is 39.0. The van der Waals surface area contributed by atoms with Crippen LogP contribution in [0, 0.1) is 0 Å². The van der Waals surface area contributed by atoms with Crippen LogP contribution < -0.4 is 4.89 Å². The highest BCUT2D eigenvalue weighted by atomic mass is 31.2.